The monoisotopic (exact) mass is 323 g/mol. The fourth-order valence-electron chi connectivity index (χ4n) is 2.03. The molecule has 0 aliphatic rings. The predicted octanol–water partition coefficient (Wildman–Crippen LogP) is 3.05. The summed E-state index contributed by atoms with van der Waals surface area (Å²) in [5.74, 6) is 0.235. The van der Waals surface area contributed by atoms with Gasteiger partial charge in [-0.2, -0.15) is 4.31 Å². The molecule has 0 heterocycles. The average Bonchev–Trinajstić information content (AvgIpc) is 2.48. The van der Waals surface area contributed by atoms with E-state index in [1.54, 1.807) is 6.07 Å². The van der Waals surface area contributed by atoms with Crippen molar-refractivity contribution in [1.82, 2.24) is 4.31 Å². The molecule has 0 radical (unpaired) electrons. The standard InChI is InChI=1S/C16H18FNO3S/c1-3-21-15-6-4-5-13(11-15)12-18(2)22(19,20)16-9-7-14(17)8-10-16/h4-11H,3,12H2,1-2H3. The van der Waals surface area contributed by atoms with Crippen LogP contribution in [0.2, 0.25) is 0 Å². The first-order chi connectivity index (χ1) is 10.4. The van der Waals surface area contributed by atoms with Gasteiger partial charge in [0.25, 0.3) is 0 Å². The van der Waals surface area contributed by atoms with Crippen LogP contribution in [0, 0.1) is 5.82 Å². The Bertz CT molecular complexity index is 729. The molecule has 0 amide bonds. The van der Waals surface area contributed by atoms with E-state index in [2.05, 4.69) is 0 Å². The van der Waals surface area contributed by atoms with Crippen LogP contribution in [0.4, 0.5) is 4.39 Å². The van der Waals surface area contributed by atoms with Crippen LogP contribution >= 0.6 is 0 Å². The summed E-state index contributed by atoms with van der Waals surface area (Å²) in [7, 11) is -2.16. The minimum Gasteiger partial charge on any atom is -0.494 e. The molecule has 0 bridgehead atoms. The molecule has 0 unspecified atom stereocenters. The van der Waals surface area contributed by atoms with E-state index in [1.807, 2.05) is 25.1 Å². The molecule has 0 aromatic heterocycles. The zero-order valence-corrected chi connectivity index (χ0v) is 13.3. The predicted molar refractivity (Wildman–Crippen MR) is 82.7 cm³/mol. The summed E-state index contributed by atoms with van der Waals surface area (Å²) in [6, 6.07) is 12.1. The zero-order valence-electron chi connectivity index (χ0n) is 12.5. The lowest BCUT2D eigenvalue weighted by atomic mass is 10.2. The van der Waals surface area contributed by atoms with Gasteiger partial charge in [0, 0.05) is 13.6 Å². The molecule has 0 saturated heterocycles. The van der Waals surface area contributed by atoms with Crippen molar-refractivity contribution < 1.29 is 17.5 Å². The molecule has 0 spiro atoms. The van der Waals surface area contributed by atoms with E-state index in [1.165, 1.54) is 23.5 Å². The van der Waals surface area contributed by atoms with Crippen molar-refractivity contribution in [3.05, 3.63) is 59.9 Å². The first-order valence-electron chi connectivity index (χ1n) is 6.87. The van der Waals surface area contributed by atoms with E-state index in [0.29, 0.717) is 12.4 Å². The van der Waals surface area contributed by atoms with Crippen molar-refractivity contribution in [2.45, 2.75) is 18.4 Å². The fraction of sp³-hybridized carbons (Fsp3) is 0.250. The average molecular weight is 323 g/mol. The molecule has 0 atom stereocenters. The number of nitrogens with zero attached hydrogens (tertiary/aromatic N) is 1. The van der Waals surface area contributed by atoms with Crippen molar-refractivity contribution >= 4 is 10.0 Å². The highest BCUT2D eigenvalue weighted by Crippen LogP contribution is 2.19. The second-order valence-electron chi connectivity index (χ2n) is 4.80. The van der Waals surface area contributed by atoms with Gasteiger partial charge in [-0.25, -0.2) is 12.8 Å². The van der Waals surface area contributed by atoms with Crippen LogP contribution in [0.1, 0.15) is 12.5 Å². The summed E-state index contributed by atoms with van der Waals surface area (Å²) in [5.41, 5.74) is 0.819. The summed E-state index contributed by atoms with van der Waals surface area (Å²) in [6.07, 6.45) is 0. The van der Waals surface area contributed by atoms with Gasteiger partial charge in [-0.15, -0.1) is 0 Å². The van der Waals surface area contributed by atoms with Gasteiger partial charge in [0.1, 0.15) is 11.6 Å². The van der Waals surface area contributed by atoms with Crippen LogP contribution in [-0.4, -0.2) is 26.4 Å². The molecule has 0 fully saturated rings. The molecule has 118 valence electrons. The van der Waals surface area contributed by atoms with Crippen molar-refractivity contribution in [3.63, 3.8) is 0 Å². The molecule has 0 aliphatic heterocycles. The fourth-order valence-corrected chi connectivity index (χ4v) is 3.19. The second-order valence-corrected chi connectivity index (χ2v) is 6.84. The molecule has 0 N–H and O–H groups in total. The Hall–Kier alpha value is -1.92. The van der Waals surface area contributed by atoms with Crippen LogP contribution in [0.5, 0.6) is 5.75 Å². The molecule has 2 aromatic rings. The summed E-state index contributed by atoms with van der Waals surface area (Å²) >= 11 is 0. The van der Waals surface area contributed by atoms with E-state index in [4.69, 9.17) is 4.74 Å². The van der Waals surface area contributed by atoms with Gasteiger partial charge in [0.15, 0.2) is 0 Å². The number of hydrogen-bond acceptors (Lipinski definition) is 3. The Labute approximate surface area is 130 Å². The van der Waals surface area contributed by atoms with Crippen molar-refractivity contribution in [2.24, 2.45) is 0 Å². The molecule has 4 nitrogen and oxygen atoms in total. The summed E-state index contributed by atoms with van der Waals surface area (Å²) in [4.78, 5) is 0.0670. The van der Waals surface area contributed by atoms with Crippen LogP contribution in [-0.2, 0) is 16.6 Å². The van der Waals surface area contributed by atoms with E-state index in [9.17, 15) is 12.8 Å². The molecule has 22 heavy (non-hydrogen) atoms. The highest BCUT2D eigenvalue weighted by Gasteiger charge is 2.20. The van der Waals surface area contributed by atoms with Crippen LogP contribution in [0.15, 0.2) is 53.4 Å². The maximum atomic E-state index is 12.9. The summed E-state index contributed by atoms with van der Waals surface area (Å²) in [5, 5.41) is 0. The van der Waals surface area contributed by atoms with E-state index in [0.717, 1.165) is 17.7 Å². The van der Waals surface area contributed by atoms with Gasteiger partial charge >= 0.3 is 0 Å². The third kappa shape index (κ3) is 3.84. The van der Waals surface area contributed by atoms with Crippen molar-refractivity contribution in [1.29, 1.82) is 0 Å². The number of benzene rings is 2. The first kappa shape index (κ1) is 16.5. The molecular formula is C16H18FNO3S. The largest absolute Gasteiger partial charge is 0.494 e. The first-order valence-corrected chi connectivity index (χ1v) is 8.31. The Balaban J connectivity index is 2.18. The maximum Gasteiger partial charge on any atom is 0.243 e. The quantitative estimate of drug-likeness (QED) is 0.821. The number of ether oxygens (including phenoxy) is 1. The number of halogens is 1. The lowest BCUT2D eigenvalue weighted by Gasteiger charge is -2.17. The third-order valence-corrected chi connectivity index (χ3v) is 4.95. The molecule has 0 saturated carbocycles. The van der Waals surface area contributed by atoms with E-state index < -0.39 is 15.8 Å². The second kappa shape index (κ2) is 6.89. The van der Waals surface area contributed by atoms with Gasteiger partial charge in [-0.1, -0.05) is 12.1 Å². The third-order valence-electron chi connectivity index (χ3n) is 3.14. The Morgan fingerprint density at radius 3 is 2.45 bits per heavy atom. The summed E-state index contributed by atoms with van der Waals surface area (Å²) in [6.45, 7) is 2.64. The van der Waals surface area contributed by atoms with Crippen molar-refractivity contribution in [2.75, 3.05) is 13.7 Å². The molecule has 6 heteroatoms. The van der Waals surface area contributed by atoms with Gasteiger partial charge in [-0.05, 0) is 48.9 Å². The van der Waals surface area contributed by atoms with Gasteiger partial charge in [0.05, 0.1) is 11.5 Å². The Morgan fingerprint density at radius 1 is 1.14 bits per heavy atom. The van der Waals surface area contributed by atoms with Crippen LogP contribution in [0.25, 0.3) is 0 Å². The molecule has 0 aliphatic carbocycles. The van der Waals surface area contributed by atoms with E-state index >= 15 is 0 Å². The summed E-state index contributed by atoms with van der Waals surface area (Å²) < 4.78 is 44.4. The highest BCUT2D eigenvalue weighted by atomic mass is 32.2. The number of rotatable bonds is 6. The molecule has 2 aromatic carbocycles. The lowest BCUT2D eigenvalue weighted by molar-refractivity contribution is 0.339. The molecular weight excluding hydrogens is 305 g/mol. The normalized spacial score (nSPS) is 11.6. The topological polar surface area (TPSA) is 46.6 Å². The Kier molecular flexibility index (Phi) is 5.15. The number of hydrogen-bond donors (Lipinski definition) is 0. The minimum absolute atomic E-state index is 0.0670. The Morgan fingerprint density at radius 2 is 1.82 bits per heavy atom. The van der Waals surface area contributed by atoms with Gasteiger partial charge in [0.2, 0.25) is 10.0 Å². The minimum atomic E-state index is -3.65. The highest BCUT2D eigenvalue weighted by molar-refractivity contribution is 7.89. The number of sulfonamides is 1. The molecule has 2 rings (SSSR count). The van der Waals surface area contributed by atoms with Crippen LogP contribution < -0.4 is 4.74 Å². The smallest absolute Gasteiger partial charge is 0.243 e. The van der Waals surface area contributed by atoms with Crippen LogP contribution in [0.3, 0.4) is 0 Å². The zero-order chi connectivity index (χ0) is 16.2. The van der Waals surface area contributed by atoms with Gasteiger partial charge in [-0.3, -0.25) is 0 Å². The maximum absolute atomic E-state index is 12.9. The van der Waals surface area contributed by atoms with E-state index in [-0.39, 0.29) is 11.4 Å². The lowest BCUT2D eigenvalue weighted by Crippen LogP contribution is -2.26. The SMILES string of the molecule is CCOc1cccc(CN(C)S(=O)(=O)c2ccc(F)cc2)c1. The van der Waals surface area contributed by atoms with Crippen molar-refractivity contribution in [3.8, 4) is 5.75 Å². The van der Waals surface area contributed by atoms with Gasteiger partial charge < -0.3 is 4.74 Å².